The predicted molar refractivity (Wildman–Crippen MR) is 152 cm³/mol. The third kappa shape index (κ3) is 3.93. The summed E-state index contributed by atoms with van der Waals surface area (Å²) in [6, 6.07) is 13.5. The van der Waals surface area contributed by atoms with Crippen LogP contribution >= 0.6 is 34.7 Å². The largest absolute Gasteiger partial charge is 0.384 e. The van der Waals surface area contributed by atoms with E-state index in [1.54, 1.807) is 4.90 Å². The molecule has 0 saturated carbocycles. The van der Waals surface area contributed by atoms with Crippen molar-refractivity contribution in [3.05, 3.63) is 87.1 Å². The molecule has 0 saturated heterocycles. The average Bonchev–Trinajstić information content (AvgIpc) is 3.46. The average molecular weight is 593 g/mol. The van der Waals surface area contributed by atoms with Gasteiger partial charge in [0.15, 0.2) is 10.1 Å². The van der Waals surface area contributed by atoms with E-state index >= 15 is 0 Å². The Morgan fingerprint density at radius 1 is 1.23 bits per heavy atom. The molecule has 0 unspecified atom stereocenters. The van der Waals surface area contributed by atoms with E-state index in [1.807, 2.05) is 38.1 Å². The SMILES string of the molecule is CC1(C)CC(=O)C2=C(C1)N(c1nnc(SCc3ccccc3Cl)s1)C(N)=C(C#N)[C@]21C(=O)Nc2ccc(F)cc21. The van der Waals surface area contributed by atoms with Gasteiger partial charge >= 0.3 is 0 Å². The van der Waals surface area contributed by atoms with Crippen LogP contribution < -0.4 is 16.0 Å². The number of nitriles is 1. The fourth-order valence-corrected chi connectivity index (χ4v) is 7.88. The van der Waals surface area contributed by atoms with E-state index < -0.39 is 22.6 Å². The molecule has 202 valence electrons. The van der Waals surface area contributed by atoms with Crippen molar-refractivity contribution in [2.75, 3.05) is 10.2 Å². The third-order valence-corrected chi connectivity index (χ3v) is 9.81. The van der Waals surface area contributed by atoms with E-state index in [2.05, 4.69) is 21.6 Å². The molecule has 8 nitrogen and oxygen atoms in total. The Morgan fingerprint density at radius 2 is 2.00 bits per heavy atom. The number of halogens is 2. The molecule has 3 N–H and O–H groups in total. The first-order chi connectivity index (χ1) is 19.1. The molecule has 2 aliphatic heterocycles. The maximum absolute atomic E-state index is 14.6. The van der Waals surface area contributed by atoms with Crippen LogP contribution in [0.4, 0.5) is 15.2 Å². The van der Waals surface area contributed by atoms with Gasteiger partial charge in [0.1, 0.15) is 23.1 Å². The number of hydrogen-bond donors (Lipinski definition) is 2. The number of rotatable bonds is 4. The zero-order valence-electron chi connectivity index (χ0n) is 21.4. The number of anilines is 2. The van der Waals surface area contributed by atoms with Crippen molar-refractivity contribution in [2.24, 2.45) is 11.1 Å². The Hall–Kier alpha value is -3.72. The third-order valence-electron chi connectivity index (χ3n) is 7.35. The molecule has 1 amide bonds. The topological polar surface area (TPSA) is 125 Å². The highest BCUT2D eigenvalue weighted by Crippen LogP contribution is 2.57. The Balaban J connectivity index is 1.51. The Bertz CT molecular complexity index is 1730. The summed E-state index contributed by atoms with van der Waals surface area (Å²) in [5.41, 5.74) is 6.28. The fraction of sp³-hybridized carbons (Fsp3) is 0.250. The summed E-state index contributed by atoms with van der Waals surface area (Å²) < 4.78 is 15.2. The van der Waals surface area contributed by atoms with Crippen LogP contribution in [0.25, 0.3) is 0 Å². The quantitative estimate of drug-likeness (QED) is 0.371. The second-order valence-electron chi connectivity index (χ2n) is 10.6. The molecule has 1 spiro atoms. The van der Waals surface area contributed by atoms with Gasteiger partial charge in [-0.1, -0.05) is 66.7 Å². The smallest absolute Gasteiger partial charge is 0.245 e. The van der Waals surface area contributed by atoms with Gasteiger partial charge in [-0.25, -0.2) is 4.39 Å². The summed E-state index contributed by atoms with van der Waals surface area (Å²) in [5, 5.41) is 22.8. The number of fused-ring (bicyclic) bond motifs is 3. The summed E-state index contributed by atoms with van der Waals surface area (Å²) in [7, 11) is 0. The van der Waals surface area contributed by atoms with E-state index in [4.69, 9.17) is 17.3 Å². The van der Waals surface area contributed by atoms with Crippen LogP contribution in [0.15, 0.2) is 69.5 Å². The van der Waals surface area contributed by atoms with Gasteiger partial charge < -0.3 is 11.1 Å². The van der Waals surface area contributed by atoms with Crippen molar-refractivity contribution in [1.82, 2.24) is 10.2 Å². The molecule has 0 fully saturated rings. The van der Waals surface area contributed by atoms with Gasteiger partial charge in [0, 0.05) is 39.7 Å². The lowest BCUT2D eigenvalue weighted by molar-refractivity contribution is -0.123. The number of nitrogens with one attached hydrogen (secondary N) is 1. The monoisotopic (exact) mass is 592 g/mol. The van der Waals surface area contributed by atoms with Crippen LogP contribution in [-0.2, 0) is 20.8 Å². The van der Waals surface area contributed by atoms with Crippen molar-refractivity contribution in [2.45, 2.75) is 42.2 Å². The normalized spacial score (nSPS) is 21.4. The summed E-state index contributed by atoms with van der Waals surface area (Å²) in [4.78, 5) is 29.2. The maximum atomic E-state index is 14.6. The number of amides is 1. The molecule has 1 aromatic heterocycles. The van der Waals surface area contributed by atoms with Crippen LogP contribution in [0, 0.1) is 22.6 Å². The first-order valence-corrected chi connectivity index (χ1v) is 14.5. The molecule has 1 atom stereocenters. The number of allylic oxidation sites excluding steroid dienone is 1. The Morgan fingerprint density at radius 3 is 2.75 bits per heavy atom. The summed E-state index contributed by atoms with van der Waals surface area (Å²) >= 11 is 9.00. The van der Waals surface area contributed by atoms with Crippen LogP contribution in [0.2, 0.25) is 5.02 Å². The van der Waals surface area contributed by atoms with Gasteiger partial charge in [-0.15, -0.1) is 10.2 Å². The predicted octanol–water partition coefficient (Wildman–Crippen LogP) is 5.67. The van der Waals surface area contributed by atoms with Crippen molar-refractivity contribution in [3.8, 4) is 6.07 Å². The number of aromatic nitrogens is 2. The minimum absolute atomic E-state index is 0.0437. The summed E-state index contributed by atoms with van der Waals surface area (Å²) in [5.74, 6) is -0.989. The molecule has 0 radical (unpaired) electrons. The molecular weight excluding hydrogens is 571 g/mol. The molecule has 12 heteroatoms. The lowest BCUT2D eigenvalue weighted by Gasteiger charge is -2.45. The van der Waals surface area contributed by atoms with Gasteiger partial charge in [0.25, 0.3) is 0 Å². The van der Waals surface area contributed by atoms with Crippen LogP contribution in [-0.4, -0.2) is 21.9 Å². The van der Waals surface area contributed by atoms with E-state index in [0.29, 0.717) is 38.1 Å². The standard InChI is InChI=1S/C28H22ClFN6O2S2/c1-27(2)10-20-22(21(37)11-27)28(16-9-15(30)7-8-19(16)33-24(28)38)17(12-31)23(32)36(20)25-34-35-26(40-25)39-13-14-5-3-4-6-18(14)29/h3-9H,10-11,13,32H2,1-2H3,(H,33,38)/t28-/m0/s1. The van der Waals surface area contributed by atoms with Crippen LogP contribution in [0.3, 0.4) is 0 Å². The lowest BCUT2D eigenvalue weighted by atomic mass is 9.61. The number of thioether (sulfide) groups is 1. The molecule has 2 aromatic carbocycles. The number of carbonyl (C=O) groups excluding carboxylic acids is 2. The van der Waals surface area contributed by atoms with E-state index in [0.717, 1.165) is 5.56 Å². The van der Waals surface area contributed by atoms with Crippen molar-refractivity contribution in [1.29, 1.82) is 5.26 Å². The number of hydrogen-bond acceptors (Lipinski definition) is 9. The number of nitrogens with zero attached hydrogens (tertiary/aromatic N) is 4. The van der Waals surface area contributed by atoms with Gasteiger partial charge in [-0.05, 0) is 41.7 Å². The molecule has 1 aliphatic carbocycles. The molecule has 40 heavy (non-hydrogen) atoms. The van der Waals surface area contributed by atoms with Crippen LogP contribution in [0.1, 0.15) is 37.8 Å². The number of nitrogens with two attached hydrogens (primary N) is 1. The highest BCUT2D eigenvalue weighted by Gasteiger charge is 2.61. The van der Waals surface area contributed by atoms with Gasteiger partial charge in [0.05, 0.1) is 5.57 Å². The first kappa shape index (κ1) is 26.5. The van der Waals surface area contributed by atoms with E-state index in [1.165, 1.54) is 41.3 Å². The number of ketones is 1. The fourth-order valence-electron chi connectivity index (χ4n) is 5.72. The molecule has 3 heterocycles. The van der Waals surface area contributed by atoms with Gasteiger partial charge in [-0.2, -0.15) is 5.26 Å². The van der Waals surface area contributed by atoms with Gasteiger partial charge in [0.2, 0.25) is 11.0 Å². The highest BCUT2D eigenvalue weighted by atomic mass is 35.5. The molecule has 0 bridgehead atoms. The van der Waals surface area contributed by atoms with E-state index in [9.17, 15) is 19.2 Å². The van der Waals surface area contributed by atoms with Crippen molar-refractivity contribution < 1.29 is 14.0 Å². The second kappa shape index (κ2) is 9.44. The van der Waals surface area contributed by atoms with Gasteiger partial charge in [-0.3, -0.25) is 14.5 Å². The zero-order chi connectivity index (χ0) is 28.4. The van der Waals surface area contributed by atoms with Crippen LogP contribution in [0.5, 0.6) is 0 Å². The minimum Gasteiger partial charge on any atom is -0.384 e. The highest BCUT2D eigenvalue weighted by molar-refractivity contribution is 8.00. The van der Waals surface area contributed by atoms with Crippen molar-refractivity contribution >= 4 is 57.2 Å². The molecule has 3 aliphatic rings. The van der Waals surface area contributed by atoms with Crippen molar-refractivity contribution in [3.63, 3.8) is 0 Å². The zero-order valence-corrected chi connectivity index (χ0v) is 23.8. The second-order valence-corrected chi connectivity index (χ2v) is 13.2. The minimum atomic E-state index is -1.86. The Kier molecular flexibility index (Phi) is 6.25. The lowest BCUT2D eigenvalue weighted by Crippen LogP contribution is -2.52. The Labute approximate surface area is 242 Å². The first-order valence-electron chi connectivity index (χ1n) is 12.4. The molecule has 6 rings (SSSR count). The van der Waals surface area contributed by atoms with E-state index in [-0.39, 0.29) is 34.7 Å². The number of carbonyl (C=O) groups is 2. The number of benzene rings is 2. The molecular formula is C28H22ClFN6O2S2. The maximum Gasteiger partial charge on any atom is 0.245 e. The molecule has 3 aromatic rings. The summed E-state index contributed by atoms with van der Waals surface area (Å²) in [6.45, 7) is 3.90. The summed E-state index contributed by atoms with van der Waals surface area (Å²) in [6.07, 6.45) is 0.516. The number of Topliss-reactive ketones (excluding diaryl/α,β-unsaturated/α-hetero) is 1.